The van der Waals surface area contributed by atoms with Crippen molar-refractivity contribution >= 4 is 23.2 Å². The average Bonchev–Trinajstić information content (AvgIpc) is 2.95. The number of para-hydroxylation sites is 1. The van der Waals surface area contributed by atoms with Gasteiger partial charge in [-0.3, -0.25) is 9.59 Å². The standard InChI is InChI=1S/C22H26N2O2/c1-5-17-8-6-7-16(4)21(17)24-13-18(12-20(24)25)22(26)23-19-10-14(2)9-15(3)11-19/h6-11,18H,5,12-13H2,1-4H3,(H,23,26). The fourth-order valence-electron chi connectivity index (χ4n) is 3.78. The third-order valence-electron chi connectivity index (χ3n) is 4.96. The second-order valence-electron chi connectivity index (χ2n) is 7.21. The number of nitrogens with zero attached hydrogens (tertiary/aromatic N) is 1. The number of anilines is 2. The van der Waals surface area contributed by atoms with Crippen molar-refractivity contribution in [3.63, 3.8) is 0 Å². The Kier molecular flexibility index (Phi) is 5.12. The molecular formula is C22H26N2O2. The summed E-state index contributed by atoms with van der Waals surface area (Å²) < 4.78 is 0. The van der Waals surface area contributed by atoms with Crippen LogP contribution in [0.2, 0.25) is 0 Å². The van der Waals surface area contributed by atoms with Gasteiger partial charge in [-0.15, -0.1) is 0 Å². The van der Waals surface area contributed by atoms with Gasteiger partial charge in [-0.2, -0.15) is 0 Å². The number of carbonyl (C=O) groups is 2. The predicted octanol–water partition coefficient (Wildman–Crippen LogP) is 4.17. The normalized spacial score (nSPS) is 16.8. The van der Waals surface area contributed by atoms with Gasteiger partial charge in [0.15, 0.2) is 0 Å². The molecule has 0 saturated carbocycles. The van der Waals surface area contributed by atoms with Crippen molar-refractivity contribution in [1.29, 1.82) is 0 Å². The number of nitrogens with one attached hydrogen (secondary N) is 1. The lowest BCUT2D eigenvalue weighted by Gasteiger charge is -2.22. The number of carbonyl (C=O) groups excluding carboxylic acids is 2. The molecule has 0 aliphatic carbocycles. The maximum Gasteiger partial charge on any atom is 0.229 e. The van der Waals surface area contributed by atoms with Crippen LogP contribution < -0.4 is 10.2 Å². The molecule has 1 N–H and O–H groups in total. The van der Waals surface area contributed by atoms with Crippen molar-refractivity contribution in [1.82, 2.24) is 0 Å². The SMILES string of the molecule is CCc1cccc(C)c1N1CC(C(=O)Nc2cc(C)cc(C)c2)CC1=O. The van der Waals surface area contributed by atoms with E-state index in [2.05, 4.69) is 24.4 Å². The Morgan fingerprint density at radius 2 is 1.85 bits per heavy atom. The van der Waals surface area contributed by atoms with Crippen molar-refractivity contribution < 1.29 is 9.59 Å². The van der Waals surface area contributed by atoms with Gasteiger partial charge in [-0.25, -0.2) is 0 Å². The molecular weight excluding hydrogens is 324 g/mol. The summed E-state index contributed by atoms with van der Waals surface area (Å²) in [7, 11) is 0. The van der Waals surface area contributed by atoms with Crippen LogP contribution in [0.15, 0.2) is 36.4 Å². The van der Waals surface area contributed by atoms with Gasteiger partial charge in [0.2, 0.25) is 11.8 Å². The minimum Gasteiger partial charge on any atom is -0.326 e. The van der Waals surface area contributed by atoms with E-state index in [1.165, 1.54) is 0 Å². The lowest BCUT2D eigenvalue weighted by atomic mass is 10.0. The molecule has 1 saturated heterocycles. The van der Waals surface area contributed by atoms with E-state index in [9.17, 15) is 9.59 Å². The molecule has 2 amide bonds. The minimum absolute atomic E-state index is 0.0228. The lowest BCUT2D eigenvalue weighted by Crippen LogP contribution is -2.29. The van der Waals surface area contributed by atoms with Crippen LogP contribution in [-0.4, -0.2) is 18.4 Å². The van der Waals surface area contributed by atoms with Gasteiger partial charge in [-0.05, 0) is 61.6 Å². The number of rotatable bonds is 4. The first-order chi connectivity index (χ1) is 12.4. The Balaban J connectivity index is 1.78. The zero-order valence-electron chi connectivity index (χ0n) is 15.9. The molecule has 26 heavy (non-hydrogen) atoms. The summed E-state index contributed by atoms with van der Waals surface area (Å²) in [5.41, 5.74) is 6.21. The molecule has 2 aromatic rings. The highest BCUT2D eigenvalue weighted by atomic mass is 16.2. The summed E-state index contributed by atoms with van der Waals surface area (Å²) >= 11 is 0. The van der Waals surface area contributed by atoms with E-state index >= 15 is 0 Å². The number of hydrogen-bond donors (Lipinski definition) is 1. The first-order valence-electron chi connectivity index (χ1n) is 9.17. The van der Waals surface area contributed by atoms with Gasteiger partial charge in [0.1, 0.15) is 0 Å². The zero-order chi connectivity index (χ0) is 18.8. The van der Waals surface area contributed by atoms with Crippen molar-refractivity contribution in [3.8, 4) is 0 Å². The van der Waals surface area contributed by atoms with Crippen LogP contribution in [0.4, 0.5) is 11.4 Å². The summed E-state index contributed by atoms with van der Waals surface area (Å²) in [6.07, 6.45) is 1.12. The lowest BCUT2D eigenvalue weighted by molar-refractivity contribution is -0.122. The van der Waals surface area contributed by atoms with Gasteiger partial charge >= 0.3 is 0 Å². The fourth-order valence-corrected chi connectivity index (χ4v) is 3.78. The van der Waals surface area contributed by atoms with Crippen LogP contribution in [0, 0.1) is 26.7 Å². The molecule has 1 aliphatic heterocycles. The quantitative estimate of drug-likeness (QED) is 0.900. The molecule has 0 radical (unpaired) electrons. The molecule has 0 aromatic heterocycles. The summed E-state index contributed by atoms with van der Waals surface area (Å²) in [5.74, 6) is -0.389. The highest BCUT2D eigenvalue weighted by Crippen LogP contribution is 2.32. The minimum atomic E-state index is -0.326. The summed E-state index contributed by atoms with van der Waals surface area (Å²) in [5, 5.41) is 2.98. The fraction of sp³-hybridized carbons (Fsp3) is 0.364. The number of hydrogen-bond acceptors (Lipinski definition) is 2. The number of benzene rings is 2. The molecule has 4 heteroatoms. The van der Waals surface area contributed by atoms with E-state index in [0.29, 0.717) is 6.54 Å². The van der Waals surface area contributed by atoms with E-state index in [1.807, 2.05) is 45.0 Å². The number of amides is 2. The summed E-state index contributed by atoms with van der Waals surface area (Å²) in [4.78, 5) is 27.1. The molecule has 136 valence electrons. The van der Waals surface area contributed by atoms with Gasteiger partial charge in [-0.1, -0.05) is 31.2 Å². The van der Waals surface area contributed by atoms with Crippen LogP contribution in [-0.2, 0) is 16.0 Å². The van der Waals surface area contributed by atoms with Crippen LogP contribution in [0.25, 0.3) is 0 Å². The third kappa shape index (κ3) is 3.64. The summed E-state index contributed by atoms with van der Waals surface area (Å²) in [6.45, 7) is 8.56. The third-order valence-corrected chi connectivity index (χ3v) is 4.96. The molecule has 0 spiro atoms. The first-order valence-corrected chi connectivity index (χ1v) is 9.17. The molecule has 1 heterocycles. The van der Waals surface area contributed by atoms with Crippen LogP contribution in [0.3, 0.4) is 0 Å². The van der Waals surface area contributed by atoms with Crippen LogP contribution in [0.5, 0.6) is 0 Å². The van der Waals surface area contributed by atoms with Gasteiger partial charge < -0.3 is 10.2 Å². The van der Waals surface area contributed by atoms with Gasteiger partial charge in [0.05, 0.1) is 5.92 Å². The van der Waals surface area contributed by atoms with E-state index in [1.54, 1.807) is 4.90 Å². The molecule has 1 fully saturated rings. The topological polar surface area (TPSA) is 49.4 Å². The zero-order valence-corrected chi connectivity index (χ0v) is 15.9. The van der Waals surface area contributed by atoms with Crippen molar-refractivity contribution in [2.75, 3.05) is 16.8 Å². The highest BCUT2D eigenvalue weighted by molar-refractivity contribution is 6.04. The Hall–Kier alpha value is -2.62. The first kappa shape index (κ1) is 18.2. The Bertz CT molecular complexity index is 837. The molecule has 0 bridgehead atoms. The van der Waals surface area contributed by atoms with Crippen molar-refractivity contribution in [3.05, 3.63) is 58.7 Å². The monoisotopic (exact) mass is 350 g/mol. The molecule has 1 unspecified atom stereocenters. The molecule has 4 nitrogen and oxygen atoms in total. The molecule has 1 atom stereocenters. The van der Waals surface area contributed by atoms with E-state index in [4.69, 9.17) is 0 Å². The molecule has 1 aliphatic rings. The Morgan fingerprint density at radius 1 is 1.15 bits per heavy atom. The van der Waals surface area contributed by atoms with E-state index in [-0.39, 0.29) is 24.2 Å². The van der Waals surface area contributed by atoms with Crippen molar-refractivity contribution in [2.45, 2.75) is 40.5 Å². The second-order valence-corrected chi connectivity index (χ2v) is 7.21. The number of aryl methyl sites for hydroxylation is 4. The predicted molar refractivity (Wildman–Crippen MR) is 106 cm³/mol. The maximum atomic E-state index is 12.7. The van der Waals surface area contributed by atoms with Crippen LogP contribution >= 0.6 is 0 Å². The smallest absolute Gasteiger partial charge is 0.229 e. The van der Waals surface area contributed by atoms with Crippen LogP contribution in [0.1, 0.15) is 35.6 Å². The second kappa shape index (κ2) is 7.32. The Morgan fingerprint density at radius 3 is 2.50 bits per heavy atom. The van der Waals surface area contributed by atoms with Gasteiger partial charge in [0, 0.05) is 24.3 Å². The molecule has 3 rings (SSSR count). The van der Waals surface area contributed by atoms with E-state index < -0.39 is 0 Å². The Labute approximate surface area is 155 Å². The maximum absolute atomic E-state index is 12.7. The molecule has 2 aromatic carbocycles. The largest absolute Gasteiger partial charge is 0.326 e. The van der Waals surface area contributed by atoms with Gasteiger partial charge in [0.25, 0.3) is 0 Å². The summed E-state index contributed by atoms with van der Waals surface area (Å²) in [6, 6.07) is 12.1. The highest BCUT2D eigenvalue weighted by Gasteiger charge is 2.36. The average molecular weight is 350 g/mol. The van der Waals surface area contributed by atoms with E-state index in [0.717, 1.165) is 40.0 Å². The van der Waals surface area contributed by atoms with Crippen molar-refractivity contribution in [2.24, 2.45) is 5.92 Å².